The smallest absolute Gasteiger partial charge is 0.282 e. The summed E-state index contributed by atoms with van der Waals surface area (Å²) >= 11 is 0. The maximum atomic E-state index is 12.9. The summed E-state index contributed by atoms with van der Waals surface area (Å²) in [6.07, 6.45) is 0.729. The Morgan fingerprint density at radius 1 is 1.18 bits per heavy atom. The van der Waals surface area contributed by atoms with Gasteiger partial charge >= 0.3 is 0 Å². The highest BCUT2D eigenvalue weighted by molar-refractivity contribution is 7.86. The predicted molar refractivity (Wildman–Crippen MR) is 99.6 cm³/mol. The molecule has 0 saturated carbocycles. The van der Waals surface area contributed by atoms with E-state index >= 15 is 0 Å². The van der Waals surface area contributed by atoms with Crippen LogP contribution in [0.1, 0.15) is 23.7 Å². The maximum absolute atomic E-state index is 12.9. The van der Waals surface area contributed by atoms with Gasteiger partial charge in [-0.3, -0.25) is 5.10 Å². The van der Waals surface area contributed by atoms with Gasteiger partial charge in [0.2, 0.25) is 0 Å². The van der Waals surface area contributed by atoms with E-state index < -0.39 is 10.2 Å². The molecule has 4 rings (SSSR count). The normalized spacial score (nSPS) is 21.8. The second kappa shape index (κ2) is 8.16. The Bertz CT molecular complexity index is 897. The fourth-order valence-corrected chi connectivity index (χ4v) is 5.12. The molecule has 0 unspecified atom stereocenters. The Morgan fingerprint density at radius 3 is 2.68 bits per heavy atom. The van der Waals surface area contributed by atoms with Gasteiger partial charge in [0.15, 0.2) is 0 Å². The molecule has 1 N–H and O–H groups in total. The quantitative estimate of drug-likeness (QED) is 0.780. The largest absolute Gasteiger partial charge is 0.487 e. The number of rotatable bonds is 6. The number of hydrogen-bond donors (Lipinski definition) is 1. The van der Waals surface area contributed by atoms with Gasteiger partial charge in [-0.2, -0.15) is 22.1 Å². The second-order valence-electron chi connectivity index (χ2n) is 6.92. The minimum atomic E-state index is -3.45. The molecule has 2 aromatic rings. The topological polar surface area (TPSA) is 87.8 Å². The van der Waals surface area contributed by atoms with Crippen molar-refractivity contribution >= 4 is 10.2 Å². The molecule has 28 heavy (non-hydrogen) atoms. The Labute approximate surface area is 163 Å². The summed E-state index contributed by atoms with van der Waals surface area (Å²) in [4.78, 5) is 0. The number of aromatic amines is 1. The molecule has 10 heteroatoms. The molecule has 8 nitrogen and oxygen atoms in total. The standard InChI is InChI=1S/C18H23FN4O4S/c19-15-1-3-17(4-2-15)27-13-16-11-18(21-20-16)14-5-6-23(12-14)28(24,25)22-7-9-26-10-8-22/h1-4,11,14H,5-10,12-13H2,(H,20,21)/t14-/m1/s1. The summed E-state index contributed by atoms with van der Waals surface area (Å²) in [5.41, 5.74) is 1.62. The summed E-state index contributed by atoms with van der Waals surface area (Å²) in [7, 11) is -3.45. The van der Waals surface area contributed by atoms with Gasteiger partial charge < -0.3 is 9.47 Å². The first-order valence-electron chi connectivity index (χ1n) is 9.28. The molecule has 2 saturated heterocycles. The predicted octanol–water partition coefficient (Wildman–Crippen LogP) is 1.49. The third-order valence-corrected chi connectivity index (χ3v) is 7.05. The highest BCUT2D eigenvalue weighted by Crippen LogP contribution is 2.29. The fourth-order valence-electron chi connectivity index (χ4n) is 3.47. The van der Waals surface area contributed by atoms with E-state index in [4.69, 9.17) is 9.47 Å². The first-order chi connectivity index (χ1) is 13.5. The lowest BCUT2D eigenvalue weighted by atomic mass is 10.1. The zero-order chi connectivity index (χ0) is 19.6. The number of halogens is 1. The Hall–Kier alpha value is -2.01. The molecule has 1 atom stereocenters. The number of nitrogens with zero attached hydrogens (tertiary/aromatic N) is 3. The van der Waals surface area contributed by atoms with Crippen molar-refractivity contribution in [2.75, 3.05) is 39.4 Å². The van der Waals surface area contributed by atoms with E-state index in [0.29, 0.717) is 45.1 Å². The van der Waals surface area contributed by atoms with Crippen molar-refractivity contribution in [1.82, 2.24) is 18.8 Å². The molecule has 152 valence electrons. The van der Waals surface area contributed by atoms with E-state index in [-0.39, 0.29) is 18.3 Å². The molecular weight excluding hydrogens is 387 g/mol. The highest BCUT2D eigenvalue weighted by atomic mass is 32.2. The van der Waals surface area contributed by atoms with Crippen molar-refractivity contribution in [3.63, 3.8) is 0 Å². The van der Waals surface area contributed by atoms with Gasteiger partial charge in [0, 0.05) is 32.1 Å². The first-order valence-corrected chi connectivity index (χ1v) is 10.7. The lowest BCUT2D eigenvalue weighted by molar-refractivity contribution is 0.0705. The van der Waals surface area contributed by atoms with Crippen LogP contribution in [0.5, 0.6) is 5.75 Å². The van der Waals surface area contributed by atoms with Crippen molar-refractivity contribution in [1.29, 1.82) is 0 Å². The van der Waals surface area contributed by atoms with E-state index in [0.717, 1.165) is 17.8 Å². The molecule has 0 radical (unpaired) electrons. The summed E-state index contributed by atoms with van der Waals surface area (Å²) in [5.74, 6) is 0.307. The number of aromatic nitrogens is 2. The van der Waals surface area contributed by atoms with Crippen LogP contribution >= 0.6 is 0 Å². The average molecular weight is 410 g/mol. The van der Waals surface area contributed by atoms with Crippen LogP contribution in [0.25, 0.3) is 0 Å². The van der Waals surface area contributed by atoms with Crippen LogP contribution in [-0.4, -0.2) is 66.6 Å². The van der Waals surface area contributed by atoms with Crippen LogP contribution in [0.4, 0.5) is 4.39 Å². The zero-order valence-electron chi connectivity index (χ0n) is 15.4. The summed E-state index contributed by atoms with van der Waals surface area (Å²) in [6, 6.07) is 7.72. The average Bonchev–Trinajstić information content (AvgIpc) is 3.38. The SMILES string of the molecule is O=S(=O)(N1CCOCC1)N1CC[C@@H](c2cc(COc3ccc(F)cc3)[nH]n2)C1. The highest BCUT2D eigenvalue weighted by Gasteiger charge is 2.37. The molecule has 3 heterocycles. The van der Waals surface area contributed by atoms with Crippen LogP contribution in [0, 0.1) is 5.82 Å². The molecule has 0 aliphatic carbocycles. The third-order valence-electron chi connectivity index (χ3n) is 5.05. The number of H-pyrrole nitrogens is 1. The maximum Gasteiger partial charge on any atom is 0.282 e. The molecule has 2 aliphatic heterocycles. The Balaban J connectivity index is 1.35. The minimum Gasteiger partial charge on any atom is -0.487 e. The van der Waals surface area contributed by atoms with Crippen LogP contribution < -0.4 is 4.74 Å². The molecule has 0 bridgehead atoms. The number of hydrogen-bond acceptors (Lipinski definition) is 5. The molecule has 2 fully saturated rings. The van der Waals surface area contributed by atoms with E-state index in [2.05, 4.69) is 10.2 Å². The van der Waals surface area contributed by atoms with Crippen molar-refractivity contribution < 1.29 is 22.3 Å². The van der Waals surface area contributed by atoms with Gasteiger partial charge in [-0.1, -0.05) is 0 Å². The van der Waals surface area contributed by atoms with E-state index in [9.17, 15) is 12.8 Å². The number of morpholine rings is 1. The van der Waals surface area contributed by atoms with Gasteiger partial charge in [-0.25, -0.2) is 4.39 Å². The van der Waals surface area contributed by atoms with Crippen LogP contribution in [0.15, 0.2) is 30.3 Å². The van der Waals surface area contributed by atoms with Crippen molar-refractivity contribution in [3.05, 3.63) is 47.5 Å². The molecule has 0 amide bonds. The number of benzene rings is 1. The van der Waals surface area contributed by atoms with E-state index in [1.165, 1.54) is 20.7 Å². The summed E-state index contributed by atoms with van der Waals surface area (Å²) in [6.45, 7) is 2.86. The minimum absolute atomic E-state index is 0.0478. The van der Waals surface area contributed by atoms with Gasteiger partial charge in [0.1, 0.15) is 18.2 Å². The van der Waals surface area contributed by atoms with Gasteiger partial charge in [-0.05, 0) is 36.8 Å². The monoisotopic (exact) mass is 410 g/mol. The third kappa shape index (κ3) is 4.19. The molecule has 1 aromatic carbocycles. The van der Waals surface area contributed by atoms with Crippen LogP contribution in [0.3, 0.4) is 0 Å². The van der Waals surface area contributed by atoms with Crippen LogP contribution in [-0.2, 0) is 21.6 Å². The van der Waals surface area contributed by atoms with Crippen molar-refractivity contribution in [2.45, 2.75) is 18.9 Å². The lowest BCUT2D eigenvalue weighted by Gasteiger charge is -2.30. The van der Waals surface area contributed by atoms with E-state index in [1.807, 2.05) is 6.07 Å². The molecular formula is C18H23FN4O4S. The molecule has 0 spiro atoms. The van der Waals surface area contributed by atoms with Gasteiger partial charge in [0.25, 0.3) is 10.2 Å². The Morgan fingerprint density at radius 2 is 1.93 bits per heavy atom. The Kier molecular flexibility index (Phi) is 5.63. The molecule has 2 aliphatic rings. The lowest BCUT2D eigenvalue weighted by Crippen LogP contribution is -2.47. The zero-order valence-corrected chi connectivity index (χ0v) is 16.2. The van der Waals surface area contributed by atoms with Crippen molar-refractivity contribution in [2.24, 2.45) is 0 Å². The van der Waals surface area contributed by atoms with Crippen LogP contribution in [0.2, 0.25) is 0 Å². The molecule has 1 aromatic heterocycles. The fraction of sp³-hybridized carbons (Fsp3) is 0.500. The summed E-state index contributed by atoms with van der Waals surface area (Å²) in [5, 5.41) is 7.27. The number of nitrogens with one attached hydrogen (secondary N) is 1. The van der Waals surface area contributed by atoms with Crippen molar-refractivity contribution in [3.8, 4) is 5.75 Å². The van der Waals surface area contributed by atoms with Gasteiger partial charge in [0.05, 0.1) is 24.6 Å². The number of ether oxygens (including phenoxy) is 2. The summed E-state index contributed by atoms with van der Waals surface area (Å²) < 4.78 is 52.4. The van der Waals surface area contributed by atoms with Gasteiger partial charge in [-0.15, -0.1) is 0 Å². The second-order valence-corrected chi connectivity index (χ2v) is 8.85. The first kappa shape index (κ1) is 19.3. The van der Waals surface area contributed by atoms with E-state index in [1.54, 1.807) is 12.1 Å².